The van der Waals surface area contributed by atoms with Crippen LogP contribution in [0.15, 0.2) is 30.3 Å². The van der Waals surface area contributed by atoms with Crippen LogP contribution in [0.25, 0.3) is 0 Å². The molecule has 0 aromatic heterocycles. The summed E-state index contributed by atoms with van der Waals surface area (Å²) in [6.07, 6.45) is 3.97. The van der Waals surface area contributed by atoms with Gasteiger partial charge in [-0.25, -0.2) is 0 Å². The molecule has 1 aromatic carbocycles. The zero-order valence-corrected chi connectivity index (χ0v) is 17.7. The van der Waals surface area contributed by atoms with Crippen molar-refractivity contribution in [3.63, 3.8) is 0 Å². The number of rotatable bonds is 5. The minimum absolute atomic E-state index is 0.0417. The molecule has 0 fully saturated rings. The Balaban J connectivity index is -0.000000282. The van der Waals surface area contributed by atoms with Gasteiger partial charge in [0.25, 0.3) is 0 Å². The largest absolute Gasteiger partial charge is 0.396 e. The normalized spacial score (nSPS) is 9.68. The molecule has 1 N–H and O–H groups in total. The van der Waals surface area contributed by atoms with Crippen LogP contribution in [0.5, 0.6) is 0 Å². The van der Waals surface area contributed by atoms with Crippen LogP contribution >= 0.6 is 0 Å². The van der Waals surface area contributed by atoms with E-state index in [4.69, 9.17) is 9.84 Å². The topological polar surface area (TPSA) is 49.8 Å². The Morgan fingerprint density at radius 1 is 1.12 bits per heavy atom. The average molecular weight is 356 g/mol. The maximum atomic E-state index is 9.57. The summed E-state index contributed by atoms with van der Waals surface area (Å²) in [6.45, 7) is 11.1. The van der Waals surface area contributed by atoms with E-state index in [2.05, 4.69) is 26.0 Å². The van der Waals surface area contributed by atoms with Crippen molar-refractivity contribution < 1.29 is 14.6 Å². The van der Waals surface area contributed by atoms with Gasteiger partial charge in [-0.1, -0.05) is 50.6 Å². The van der Waals surface area contributed by atoms with Crippen molar-refractivity contribution in [3.05, 3.63) is 35.9 Å². The predicted octanol–water partition coefficient (Wildman–Crippen LogP) is 4.21. The van der Waals surface area contributed by atoms with Crippen LogP contribution in [0.3, 0.4) is 0 Å². The maximum Gasteiger partial charge on any atom is 0.133 e. The first-order valence-corrected chi connectivity index (χ1v) is 8.96. The Morgan fingerprint density at radius 3 is 1.80 bits per heavy atom. The van der Waals surface area contributed by atoms with Crippen molar-refractivity contribution in [3.8, 4) is 0 Å². The van der Waals surface area contributed by atoms with Crippen LogP contribution < -0.4 is 0 Å². The Morgan fingerprint density at radius 2 is 1.56 bits per heavy atom. The number of carbonyl (C=O) groups excluding carboxylic acids is 1. The lowest BCUT2D eigenvalue weighted by Crippen LogP contribution is -2.15. The number of benzene rings is 1. The lowest BCUT2D eigenvalue weighted by atomic mass is 10.1. The van der Waals surface area contributed by atoms with Gasteiger partial charge in [0.15, 0.2) is 0 Å². The van der Waals surface area contributed by atoms with Crippen LogP contribution in [0.4, 0.5) is 0 Å². The number of carbonyl (C=O) groups is 1. The van der Waals surface area contributed by atoms with E-state index in [0.29, 0.717) is 6.54 Å². The van der Waals surface area contributed by atoms with Gasteiger partial charge in [0.1, 0.15) is 6.29 Å². The van der Waals surface area contributed by atoms with Crippen molar-refractivity contribution in [1.29, 1.82) is 0 Å². The van der Waals surface area contributed by atoms with Gasteiger partial charge in [0.05, 0.1) is 12.1 Å². The molecule has 0 atom stereocenters. The minimum atomic E-state index is 0.0417. The lowest BCUT2D eigenvalue weighted by Gasteiger charge is -2.14. The number of aldehydes is 1. The molecule has 0 aliphatic rings. The first-order chi connectivity index (χ1) is 11.7. The zero-order chi connectivity index (χ0) is 20.1. The lowest BCUT2D eigenvalue weighted by molar-refractivity contribution is -0.108. The van der Waals surface area contributed by atoms with Crippen molar-refractivity contribution >= 4 is 6.29 Å². The Labute approximate surface area is 156 Å². The SMILES string of the molecule is CCC.CN(C)CC=O.COC(C)(C)C.OCCCc1ccccc1. The number of ether oxygens (including phenoxy) is 1. The molecule has 0 saturated heterocycles. The van der Waals surface area contributed by atoms with E-state index in [0.717, 1.165) is 19.1 Å². The van der Waals surface area contributed by atoms with E-state index >= 15 is 0 Å². The standard InChI is InChI=1S/C9H12O.C5H12O.C4H9NO.C3H8/c10-8-4-7-9-5-2-1-3-6-9;1-5(2,3)6-4;1-5(2)3-4-6;1-3-2/h1-3,5-6,10H,4,7-8H2;1-4H3;4H,3H2,1-2H3;3H2,1-2H3. The molecule has 0 heterocycles. The number of aryl methyl sites for hydroxylation is 1. The molecular formula is C21H41NO3. The van der Waals surface area contributed by atoms with E-state index in [-0.39, 0.29) is 12.2 Å². The number of methoxy groups -OCH3 is 1. The van der Waals surface area contributed by atoms with Gasteiger partial charge in [0, 0.05) is 13.7 Å². The highest BCUT2D eigenvalue weighted by Gasteiger charge is 2.04. The van der Waals surface area contributed by atoms with E-state index < -0.39 is 0 Å². The summed E-state index contributed by atoms with van der Waals surface area (Å²) < 4.78 is 4.94. The van der Waals surface area contributed by atoms with E-state index in [1.165, 1.54) is 12.0 Å². The van der Waals surface area contributed by atoms with E-state index in [1.54, 1.807) is 7.11 Å². The van der Waals surface area contributed by atoms with Crippen molar-refractivity contribution in [2.24, 2.45) is 0 Å². The first kappa shape index (κ1) is 28.6. The highest BCUT2D eigenvalue weighted by molar-refractivity contribution is 5.51. The van der Waals surface area contributed by atoms with Crippen molar-refractivity contribution in [1.82, 2.24) is 4.90 Å². The van der Waals surface area contributed by atoms with E-state index in [9.17, 15) is 4.79 Å². The third kappa shape index (κ3) is 34.9. The molecule has 4 heteroatoms. The van der Waals surface area contributed by atoms with Crippen LogP contribution in [0.1, 0.15) is 53.0 Å². The number of aliphatic hydroxyl groups is 1. The molecule has 25 heavy (non-hydrogen) atoms. The van der Waals surface area contributed by atoms with Gasteiger partial charge in [-0.15, -0.1) is 0 Å². The van der Waals surface area contributed by atoms with Crippen molar-refractivity contribution in [2.45, 2.75) is 59.5 Å². The molecule has 0 amide bonds. The van der Waals surface area contributed by atoms with Gasteiger partial charge in [-0.2, -0.15) is 0 Å². The fraction of sp³-hybridized carbons (Fsp3) is 0.667. The highest BCUT2D eigenvalue weighted by Crippen LogP contribution is 2.02. The molecule has 0 aliphatic heterocycles. The monoisotopic (exact) mass is 355 g/mol. The molecule has 0 bridgehead atoms. The van der Waals surface area contributed by atoms with Gasteiger partial charge in [-0.05, 0) is 53.3 Å². The fourth-order valence-electron chi connectivity index (χ4n) is 1.08. The number of hydrogen-bond acceptors (Lipinski definition) is 4. The third-order valence-electron chi connectivity index (χ3n) is 2.52. The predicted molar refractivity (Wildman–Crippen MR) is 109 cm³/mol. The van der Waals surface area contributed by atoms with Gasteiger partial charge in [-0.3, -0.25) is 0 Å². The minimum Gasteiger partial charge on any atom is -0.396 e. The summed E-state index contributed by atoms with van der Waals surface area (Å²) in [7, 11) is 5.42. The second-order valence-corrected chi connectivity index (χ2v) is 6.77. The quantitative estimate of drug-likeness (QED) is 0.804. The summed E-state index contributed by atoms with van der Waals surface area (Å²) in [6, 6.07) is 10.2. The molecular weight excluding hydrogens is 314 g/mol. The number of aliphatic hydroxyl groups excluding tert-OH is 1. The molecule has 1 rings (SSSR count). The summed E-state index contributed by atoms with van der Waals surface area (Å²) >= 11 is 0. The molecule has 0 spiro atoms. The number of likely N-dealkylation sites (N-methyl/N-ethyl adjacent to an activating group) is 1. The molecule has 0 aliphatic carbocycles. The summed E-state index contributed by atoms with van der Waals surface area (Å²) in [5.74, 6) is 0. The van der Waals surface area contributed by atoms with Gasteiger partial charge < -0.3 is 19.5 Å². The molecule has 0 radical (unpaired) electrons. The second-order valence-electron chi connectivity index (χ2n) is 6.77. The van der Waals surface area contributed by atoms with Crippen LogP contribution in [0.2, 0.25) is 0 Å². The summed E-state index contributed by atoms with van der Waals surface area (Å²) in [5, 5.41) is 8.53. The van der Waals surface area contributed by atoms with Crippen molar-refractivity contribution in [2.75, 3.05) is 34.4 Å². The van der Waals surface area contributed by atoms with Crippen LogP contribution in [-0.4, -0.2) is 56.3 Å². The number of hydrogen-bond donors (Lipinski definition) is 1. The molecule has 0 saturated carbocycles. The Hall–Kier alpha value is -1.23. The zero-order valence-electron chi connectivity index (χ0n) is 17.7. The molecule has 0 unspecified atom stereocenters. The average Bonchev–Trinajstić information content (AvgIpc) is 2.55. The highest BCUT2D eigenvalue weighted by atomic mass is 16.5. The number of nitrogens with zero attached hydrogens (tertiary/aromatic N) is 1. The van der Waals surface area contributed by atoms with Crippen LogP contribution in [0, 0.1) is 0 Å². The summed E-state index contributed by atoms with van der Waals surface area (Å²) in [4.78, 5) is 11.4. The fourth-order valence-corrected chi connectivity index (χ4v) is 1.08. The second kappa shape index (κ2) is 20.8. The first-order valence-electron chi connectivity index (χ1n) is 8.96. The molecule has 1 aromatic rings. The molecule has 4 nitrogen and oxygen atoms in total. The Kier molecular flexibility index (Phi) is 23.8. The van der Waals surface area contributed by atoms with Gasteiger partial charge in [0.2, 0.25) is 0 Å². The smallest absolute Gasteiger partial charge is 0.133 e. The third-order valence-corrected chi connectivity index (χ3v) is 2.52. The van der Waals surface area contributed by atoms with Crippen LogP contribution in [-0.2, 0) is 16.0 Å². The Bertz CT molecular complexity index is 359. The molecule has 148 valence electrons. The van der Waals surface area contributed by atoms with Gasteiger partial charge >= 0.3 is 0 Å². The van der Waals surface area contributed by atoms with E-state index in [1.807, 2.05) is 58.0 Å². The maximum absolute atomic E-state index is 9.57. The summed E-state index contributed by atoms with van der Waals surface area (Å²) in [5.41, 5.74) is 1.34.